The van der Waals surface area contributed by atoms with E-state index in [1.165, 1.54) is 11.9 Å². The third-order valence-corrected chi connectivity index (χ3v) is 5.54. The number of anilines is 1. The molecule has 2 aromatic heterocycles. The zero-order valence-electron chi connectivity index (χ0n) is 16.8. The van der Waals surface area contributed by atoms with Crippen molar-refractivity contribution in [2.24, 2.45) is 5.92 Å². The molecule has 1 fully saturated rings. The maximum absolute atomic E-state index is 12.1. The summed E-state index contributed by atoms with van der Waals surface area (Å²) < 4.78 is 10.2. The summed E-state index contributed by atoms with van der Waals surface area (Å²) in [5.41, 5.74) is 1.61. The summed E-state index contributed by atoms with van der Waals surface area (Å²) in [6.07, 6.45) is 3.56. The molecule has 8 nitrogen and oxygen atoms in total. The Bertz CT molecular complexity index is 1020. The molecule has 158 valence electrons. The summed E-state index contributed by atoms with van der Waals surface area (Å²) in [4.78, 5) is 22.9. The zero-order valence-corrected chi connectivity index (χ0v) is 17.6. The highest BCUT2D eigenvalue weighted by Crippen LogP contribution is 2.26. The number of rotatable bonds is 7. The van der Waals surface area contributed by atoms with Crippen molar-refractivity contribution in [3.05, 3.63) is 46.9 Å². The number of likely N-dealkylation sites (tertiary alicyclic amines) is 1. The Kier molecular flexibility index (Phi) is 6.44. The summed E-state index contributed by atoms with van der Waals surface area (Å²) in [5, 5.41) is 8.42. The summed E-state index contributed by atoms with van der Waals surface area (Å²) in [5.74, 6) is 0.519. The Hall–Kier alpha value is -2.71. The number of halogens is 1. The van der Waals surface area contributed by atoms with Gasteiger partial charge in [0, 0.05) is 18.1 Å². The molecule has 9 heteroatoms. The number of ether oxygens (including phenoxy) is 1. The van der Waals surface area contributed by atoms with E-state index in [-0.39, 0.29) is 18.0 Å². The van der Waals surface area contributed by atoms with Crippen molar-refractivity contribution in [3.63, 3.8) is 0 Å². The van der Waals surface area contributed by atoms with Crippen LogP contribution in [-0.4, -0.2) is 52.2 Å². The van der Waals surface area contributed by atoms with Crippen LogP contribution in [0.1, 0.15) is 35.8 Å². The van der Waals surface area contributed by atoms with E-state index in [2.05, 4.69) is 31.4 Å². The van der Waals surface area contributed by atoms with Crippen molar-refractivity contribution in [3.8, 4) is 0 Å². The zero-order chi connectivity index (χ0) is 20.9. The van der Waals surface area contributed by atoms with Gasteiger partial charge in [-0.15, -0.1) is 0 Å². The largest absolute Gasteiger partial charge is 0.461 e. The predicted octanol–water partition coefficient (Wildman–Crippen LogP) is 3.77. The molecule has 0 atom stereocenters. The van der Waals surface area contributed by atoms with Crippen LogP contribution in [0.3, 0.4) is 0 Å². The maximum Gasteiger partial charge on any atom is 0.361 e. The van der Waals surface area contributed by atoms with E-state index in [0.717, 1.165) is 44.0 Å². The van der Waals surface area contributed by atoms with Crippen LogP contribution in [0, 0.1) is 5.92 Å². The first-order valence-electron chi connectivity index (χ1n) is 10.1. The fourth-order valence-corrected chi connectivity index (χ4v) is 3.96. The Morgan fingerprint density at radius 3 is 2.93 bits per heavy atom. The summed E-state index contributed by atoms with van der Waals surface area (Å²) in [6.45, 7) is 5.73. The van der Waals surface area contributed by atoms with Crippen LogP contribution in [0.2, 0.25) is 5.02 Å². The highest BCUT2D eigenvalue weighted by molar-refractivity contribution is 6.30. The van der Waals surface area contributed by atoms with Crippen LogP contribution in [0.5, 0.6) is 0 Å². The van der Waals surface area contributed by atoms with E-state index < -0.39 is 5.97 Å². The number of fused-ring (bicyclic) bond motifs is 1. The minimum Gasteiger partial charge on any atom is -0.461 e. The second-order valence-corrected chi connectivity index (χ2v) is 7.82. The molecule has 30 heavy (non-hydrogen) atoms. The molecule has 1 aliphatic heterocycles. The molecular formula is C21H24ClN5O3. The SMILES string of the molecule is CCOC(=O)c1noc2ncnc(NCC3CCN(Cc4cccc(Cl)c4)CC3)c12. The fraction of sp³-hybridized carbons (Fsp3) is 0.429. The number of carbonyl (C=O) groups is 1. The molecule has 0 spiro atoms. The molecule has 0 bridgehead atoms. The van der Waals surface area contributed by atoms with E-state index in [4.69, 9.17) is 20.9 Å². The number of esters is 1. The molecule has 3 heterocycles. The molecule has 1 N–H and O–H groups in total. The van der Waals surface area contributed by atoms with Gasteiger partial charge in [-0.05, 0) is 56.5 Å². The van der Waals surface area contributed by atoms with Gasteiger partial charge in [-0.25, -0.2) is 9.78 Å². The smallest absolute Gasteiger partial charge is 0.361 e. The van der Waals surface area contributed by atoms with E-state index in [1.54, 1.807) is 6.92 Å². The number of hydrogen-bond donors (Lipinski definition) is 1. The molecular weight excluding hydrogens is 406 g/mol. The monoisotopic (exact) mass is 429 g/mol. The molecule has 0 saturated carbocycles. The Balaban J connectivity index is 1.35. The lowest BCUT2D eigenvalue weighted by atomic mass is 9.96. The minimum atomic E-state index is -0.538. The second-order valence-electron chi connectivity index (χ2n) is 7.38. The lowest BCUT2D eigenvalue weighted by Crippen LogP contribution is -2.35. The molecule has 1 aromatic carbocycles. The number of aromatic nitrogens is 3. The number of nitrogens with one attached hydrogen (secondary N) is 1. The van der Waals surface area contributed by atoms with E-state index in [0.29, 0.717) is 17.1 Å². The molecule has 3 aromatic rings. The van der Waals surface area contributed by atoms with Crippen LogP contribution in [-0.2, 0) is 11.3 Å². The first-order chi connectivity index (χ1) is 14.6. The van der Waals surface area contributed by atoms with Crippen LogP contribution >= 0.6 is 11.6 Å². The van der Waals surface area contributed by atoms with Gasteiger partial charge < -0.3 is 14.6 Å². The highest BCUT2D eigenvalue weighted by atomic mass is 35.5. The summed E-state index contributed by atoms with van der Waals surface area (Å²) in [7, 11) is 0. The van der Waals surface area contributed by atoms with Gasteiger partial charge in [0.15, 0.2) is 0 Å². The van der Waals surface area contributed by atoms with Crippen LogP contribution in [0.25, 0.3) is 11.1 Å². The van der Waals surface area contributed by atoms with Crippen LogP contribution < -0.4 is 5.32 Å². The number of nitrogens with zero attached hydrogens (tertiary/aromatic N) is 4. The van der Waals surface area contributed by atoms with Crippen molar-refractivity contribution >= 4 is 34.5 Å². The molecule has 1 aliphatic rings. The topological polar surface area (TPSA) is 93.4 Å². The van der Waals surface area contributed by atoms with Crippen molar-refractivity contribution in [2.45, 2.75) is 26.3 Å². The first kappa shape index (κ1) is 20.6. The van der Waals surface area contributed by atoms with Gasteiger partial charge in [0.05, 0.1) is 6.61 Å². The van der Waals surface area contributed by atoms with Gasteiger partial charge in [0.1, 0.15) is 17.5 Å². The standard InChI is InChI=1S/C21H24ClN5O3/c1-2-29-21(28)18-17-19(24-13-25-20(17)30-26-18)23-11-14-6-8-27(9-7-14)12-15-4-3-5-16(22)10-15/h3-5,10,13-14H,2,6-9,11-12H2,1H3,(H,23,24,25). The number of piperidine rings is 1. The van der Waals surface area contributed by atoms with Crippen molar-refractivity contribution in [1.82, 2.24) is 20.0 Å². The average Bonchev–Trinajstić information content (AvgIpc) is 3.18. The van der Waals surface area contributed by atoms with Crippen molar-refractivity contribution in [1.29, 1.82) is 0 Å². The van der Waals surface area contributed by atoms with E-state index >= 15 is 0 Å². The third kappa shape index (κ3) is 4.71. The Labute approximate surface area is 179 Å². The van der Waals surface area contributed by atoms with Crippen LogP contribution in [0.15, 0.2) is 35.1 Å². The molecule has 0 amide bonds. The highest BCUT2D eigenvalue weighted by Gasteiger charge is 2.24. The summed E-state index contributed by atoms with van der Waals surface area (Å²) >= 11 is 6.09. The maximum atomic E-state index is 12.1. The van der Waals surface area contributed by atoms with Crippen molar-refractivity contribution in [2.75, 3.05) is 31.6 Å². The summed E-state index contributed by atoms with van der Waals surface area (Å²) in [6, 6.07) is 8.03. The minimum absolute atomic E-state index is 0.103. The third-order valence-electron chi connectivity index (χ3n) is 5.30. The molecule has 0 aliphatic carbocycles. The fourth-order valence-electron chi connectivity index (χ4n) is 3.74. The van der Waals surface area contributed by atoms with Gasteiger partial charge in [-0.3, -0.25) is 4.90 Å². The number of carbonyl (C=O) groups excluding carboxylic acids is 1. The average molecular weight is 430 g/mol. The number of benzene rings is 1. The molecule has 0 radical (unpaired) electrons. The first-order valence-corrected chi connectivity index (χ1v) is 10.5. The van der Waals surface area contributed by atoms with Gasteiger partial charge in [0.25, 0.3) is 5.71 Å². The van der Waals surface area contributed by atoms with Gasteiger partial charge >= 0.3 is 5.97 Å². The molecule has 1 saturated heterocycles. The van der Waals surface area contributed by atoms with Crippen molar-refractivity contribution < 1.29 is 14.1 Å². The normalized spacial score (nSPS) is 15.4. The Morgan fingerprint density at radius 2 is 2.17 bits per heavy atom. The quantitative estimate of drug-likeness (QED) is 0.567. The lowest BCUT2D eigenvalue weighted by molar-refractivity contribution is 0.0517. The predicted molar refractivity (Wildman–Crippen MR) is 113 cm³/mol. The van der Waals surface area contributed by atoms with Gasteiger partial charge in [-0.2, -0.15) is 4.98 Å². The number of hydrogen-bond acceptors (Lipinski definition) is 8. The second kappa shape index (κ2) is 9.40. The molecule has 0 unspecified atom stereocenters. The molecule has 4 rings (SSSR count). The van der Waals surface area contributed by atoms with E-state index in [1.807, 2.05) is 18.2 Å². The van der Waals surface area contributed by atoms with Gasteiger partial charge in [-0.1, -0.05) is 28.9 Å². The van der Waals surface area contributed by atoms with Gasteiger partial charge in [0.2, 0.25) is 5.69 Å². The lowest BCUT2D eigenvalue weighted by Gasteiger charge is -2.32. The Morgan fingerprint density at radius 1 is 1.33 bits per heavy atom. The van der Waals surface area contributed by atoms with E-state index in [9.17, 15) is 4.79 Å². The van der Waals surface area contributed by atoms with Crippen LogP contribution in [0.4, 0.5) is 5.82 Å².